The second-order valence-corrected chi connectivity index (χ2v) is 12.6. The quantitative estimate of drug-likeness (QED) is 0.179. The Morgan fingerprint density at radius 3 is 2.60 bits per heavy atom. The number of rotatable bonds is 11. The summed E-state index contributed by atoms with van der Waals surface area (Å²) in [6.07, 6.45) is 1.36. The Kier molecular flexibility index (Phi) is 9.20. The third kappa shape index (κ3) is 7.32. The first-order chi connectivity index (χ1) is 19.4. The second-order valence-electron chi connectivity index (χ2n) is 9.75. The zero-order valence-electron chi connectivity index (χ0n) is 22.3. The van der Waals surface area contributed by atoms with Gasteiger partial charge in [0.15, 0.2) is 0 Å². The van der Waals surface area contributed by atoms with Gasteiger partial charge in [0.25, 0.3) is 0 Å². The van der Waals surface area contributed by atoms with E-state index in [-0.39, 0.29) is 12.5 Å². The number of fused-ring (bicyclic) bond motifs is 1. The number of thiazole rings is 2. The molecule has 2 aromatic carbocycles. The Morgan fingerprint density at radius 1 is 1.00 bits per heavy atom. The average molecular weight is 591 g/mol. The number of benzene rings is 2. The average Bonchev–Trinajstić information content (AvgIpc) is 3.73. The summed E-state index contributed by atoms with van der Waals surface area (Å²) >= 11 is 4.71. The molecule has 0 radical (unpaired) electrons. The summed E-state index contributed by atoms with van der Waals surface area (Å²) in [5.74, 6) is 0.118. The number of thiophene rings is 1. The molecule has 3 heterocycles. The van der Waals surface area contributed by atoms with Crippen LogP contribution in [0.15, 0.2) is 77.1 Å². The van der Waals surface area contributed by atoms with E-state index in [2.05, 4.69) is 53.8 Å². The standard InChI is InChI=1S/C30H30N4O3S3/c1-20(2)28-32-24(18-39-28)16-34(15-22-8-9-27-23(12-22)10-11-38-27)29(35)26(13-21-6-4-3-5-7-21)33-30(36)37-17-25-14-31-19-40-25/h3-12,14,18-20,26H,13,15-17H2,1-2H3,(H,33,36)/t26-/m0/s1. The maximum Gasteiger partial charge on any atom is 0.408 e. The van der Waals surface area contributed by atoms with Crippen LogP contribution in [0.2, 0.25) is 0 Å². The molecule has 0 fully saturated rings. The number of carbonyl (C=O) groups excluding carboxylic acids is 2. The van der Waals surface area contributed by atoms with Crippen LogP contribution in [0, 0.1) is 0 Å². The molecule has 10 heteroatoms. The maximum atomic E-state index is 14.2. The van der Waals surface area contributed by atoms with Crippen LogP contribution in [0.1, 0.15) is 46.5 Å². The fourth-order valence-electron chi connectivity index (χ4n) is 4.31. The van der Waals surface area contributed by atoms with Crippen molar-refractivity contribution in [3.8, 4) is 0 Å². The molecule has 40 heavy (non-hydrogen) atoms. The lowest BCUT2D eigenvalue weighted by Crippen LogP contribution is -2.49. The van der Waals surface area contributed by atoms with Crippen LogP contribution in [0.5, 0.6) is 0 Å². The topological polar surface area (TPSA) is 84.4 Å². The Hall–Kier alpha value is -3.60. The number of nitrogens with one attached hydrogen (secondary N) is 1. The van der Waals surface area contributed by atoms with Crippen molar-refractivity contribution < 1.29 is 14.3 Å². The van der Waals surface area contributed by atoms with Gasteiger partial charge < -0.3 is 15.0 Å². The number of ether oxygens (including phenoxy) is 1. The molecular weight excluding hydrogens is 561 g/mol. The van der Waals surface area contributed by atoms with Crippen LogP contribution >= 0.6 is 34.0 Å². The minimum absolute atomic E-state index is 0.101. The normalized spacial score (nSPS) is 12.0. The van der Waals surface area contributed by atoms with Crippen molar-refractivity contribution in [2.24, 2.45) is 0 Å². The van der Waals surface area contributed by atoms with Gasteiger partial charge in [0.1, 0.15) is 12.6 Å². The number of carbonyl (C=O) groups is 2. The molecule has 5 rings (SSSR count). The molecule has 7 nitrogen and oxygen atoms in total. The largest absolute Gasteiger partial charge is 0.444 e. The highest BCUT2D eigenvalue weighted by molar-refractivity contribution is 7.17. The minimum Gasteiger partial charge on any atom is -0.444 e. The Labute approximate surface area is 245 Å². The van der Waals surface area contributed by atoms with Crippen molar-refractivity contribution in [1.82, 2.24) is 20.2 Å². The van der Waals surface area contributed by atoms with E-state index in [1.54, 1.807) is 39.3 Å². The molecule has 3 aromatic heterocycles. The van der Waals surface area contributed by atoms with Crippen molar-refractivity contribution in [3.05, 3.63) is 104 Å². The Balaban J connectivity index is 1.40. The van der Waals surface area contributed by atoms with Crippen molar-refractivity contribution in [2.45, 2.75) is 51.9 Å². The lowest BCUT2D eigenvalue weighted by Gasteiger charge is -2.28. The Bertz CT molecular complexity index is 1550. The summed E-state index contributed by atoms with van der Waals surface area (Å²) in [4.78, 5) is 38.5. The van der Waals surface area contributed by atoms with Crippen LogP contribution in [0.25, 0.3) is 10.1 Å². The molecule has 0 saturated carbocycles. The van der Waals surface area contributed by atoms with Crippen LogP contribution in [0.3, 0.4) is 0 Å². The zero-order chi connectivity index (χ0) is 27.9. The smallest absolute Gasteiger partial charge is 0.408 e. The fraction of sp³-hybridized carbons (Fsp3) is 0.267. The SMILES string of the molecule is CC(C)c1nc(CN(Cc2ccc3sccc3c2)C(=O)[C@H](Cc2ccccc2)NC(=O)OCc2cncs2)cs1. The molecule has 5 aromatic rings. The van der Waals surface area contributed by atoms with E-state index in [9.17, 15) is 9.59 Å². The van der Waals surface area contributed by atoms with Crippen LogP contribution in [-0.2, 0) is 35.6 Å². The van der Waals surface area contributed by atoms with E-state index in [4.69, 9.17) is 9.72 Å². The number of alkyl carbamates (subject to hydrolysis) is 1. The highest BCUT2D eigenvalue weighted by atomic mass is 32.1. The van der Waals surface area contributed by atoms with Gasteiger partial charge in [-0.2, -0.15) is 0 Å². The van der Waals surface area contributed by atoms with Gasteiger partial charge in [0.2, 0.25) is 5.91 Å². The highest BCUT2D eigenvalue weighted by Gasteiger charge is 2.28. The summed E-state index contributed by atoms with van der Waals surface area (Å²) in [5.41, 5.74) is 4.49. The molecule has 0 unspecified atom stereocenters. The predicted molar refractivity (Wildman–Crippen MR) is 162 cm³/mol. The first kappa shape index (κ1) is 27.9. The van der Waals surface area contributed by atoms with Gasteiger partial charge in [-0.15, -0.1) is 34.0 Å². The molecule has 1 N–H and O–H groups in total. The molecule has 0 spiro atoms. The van der Waals surface area contributed by atoms with Crippen LogP contribution in [0.4, 0.5) is 4.79 Å². The first-order valence-corrected chi connectivity index (χ1v) is 15.6. The van der Waals surface area contributed by atoms with Crippen molar-refractivity contribution in [3.63, 3.8) is 0 Å². The third-order valence-electron chi connectivity index (χ3n) is 6.32. The van der Waals surface area contributed by atoms with Gasteiger partial charge in [-0.1, -0.05) is 50.2 Å². The van der Waals surface area contributed by atoms with Crippen LogP contribution in [-0.4, -0.2) is 32.9 Å². The van der Waals surface area contributed by atoms with Crippen molar-refractivity contribution in [1.29, 1.82) is 0 Å². The summed E-state index contributed by atoms with van der Waals surface area (Å²) in [7, 11) is 0. The monoisotopic (exact) mass is 590 g/mol. The zero-order valence-corrected chi connectivity index (χ0v) is 24.7. The van der Waals surface area contributed by atoms with Gasteiger partial charge >= 0.3 is 6.09 Å². The molecular formula is C30H30N4O3S3. The minimum atomic E-state index is -0.815. The highest BCUT2D eigenvalue weighted by Crippen LogP contribution is 2.24. The van der Waals surface area contributed by atoms with E-state index < -0.39 is 12.1 Å². The number of hydrogen-bond acceptors (Lipinski definition) is 8. The molecule has 2 amide bonds. The number of hydrogen-bond donors (Lipinski definition) is 1. The third-order valence-corrected chi connectivity index (χ3v) is 9.17. The van der Waals surface area contributed by atoms with E-state index in [1.807, 2.05) is 35.7 Å². The molecule has 0 bridgehead atoms. The number of nitrogens with zero attached hydrogens (tertiary/aromatic N) is 3. The summed E-state index contributed by atoms with van der Waals surface area (Å²) in [6, 6.07) is 17.2. The van der Waals surface area contributed by atoms with E-state index >= 15 is 0 Å². The second kappa shape index (κ2) is 13.2. The summed E-state index contributed by atoms with van der Waals surface area (Å²) in [5, 5.41) is 9.11. The lowest BCUT2D eigenvalue weighted by molar-refractivity contribution is -0.134. The van der Waals surface area contributed by atoms with Crippen LogP contribution < -0.4 is 5.32 Å². The van der Waals surface area contributed by atoms with Gasteiger partial charge in [0, 0.05) is 35.2 Å². The lowest BCUT2D eigenvalue weighted by atomic mass is 10.0. The Morgan fingerprint density at radius 2 is 1.85 bits per heavy atom. The first-order valence-electron chi connectivity index (χ1n) is 13.0. The summed E-state index contributed by atoms with van der Waals surface area (Å²) < 4.78 is 6.63. The molecule has 0 aliphatic rings. The number of aromatic nitrogens is 2. The molecule has 1 atom stereocenters. The van der Waals surface area contributed by atoms with Crippen molar-refractivity contribution in [2.75, 3.05) is 0 Å². The molecule has 0 saturated heterocycles. The van der Waals surface area contributed by atoms with E-state index in [0.717, 1.165) is 32.1 Å². The van der Waals surface area contributed by atoms with Gasteiger partial charge in [0.05, 0.1) is 27.6 Å². The van der Waals surface area contributed by atoms with E-state index in [0.29, 0.717) is 25.4 Å². The fourth-order valence-corrected chi connectivity index (χ4v) is 6.41. The van der Waals surface area contributed by atoms with Gasteiger partial charge in [-0.25, -0.2) is 9.78 Å². The van der Waals surface area contributed by atoms with Gasteiger partial charge in [-0.05, 0) is 40.1 Å². The van der Waals surface area contributed by atoms with E-state index in [1.165, 1.54) is 16.0 Å². The summed E-state index contributed by atoms with van der Waals surface area (Å²) in [6.45, 7) is 5.05. The predicted octanol–water partition coefficient (Wildman–Crippen LogP) is 7.00. The van der Waals surface area contributed by atoms with Gasteiger partial charge in [-0.3, -0.25) is 9.78 Å². The molecule has 206 valence electrons. The number of amides is 2. The maximum absolute atomic E-state index is 14.2. The molecule has 0 aliphatic carbocycles. The molecule has 0 aliphatic heterocycles. The van der Waals surface area contributed by atoms with Crippen molar-refractivity contribution >= 4 is 56.1 Å².